The molecule has 7 rings (SSSR count). The number of hydrogen-bond donors (Lipinski definition) is 0. The molecule has 5 fully saturated rings. The number of carbonyl (C=O) groups is 1. The van der Waals surface area contributed by atoms with Gasteiger partial charge in [-0.15, -0.1) is 0 Å². The lowest BCUT2D eigenvalue weighted by molar-refractivity contribution is -0.390. The van der Waals surface area contributed by atoms with E-state index in [1.165, 1.54) is 12.0 Å². The van der Waals surface area contributed by atoms with Crippen LogP contribution < -0.4 is 0 Å². The van der Waals surface area contributed by atoms with Crippen LogP contribution in [0.15, 0.2) is 16.9 Å². The third-order valence-electron chi connectivity index (χ3n) is 9.22. The molecule has 2 unspecified atom stereocenters. The topological polar surface area (TPSA) is 102 Å². The second-order valence-electron chi connectivity index (χ2n) is 11.9. The minimum Gasteiger partial charge on any atom is -0.358 e. The van der Waals surface area contributed by atoms with Crippen molar-refractivity contribution in [3.05, 3.63) is 38.2 Å². The minimum atomic E-state index is -0.421. The Morgan fingerprint density at radius 1 is 1.14 bits per heavy atom. The van der Waals surface area contributed by atoms with Crippen molar-refractivity contribution in [2.24, 2.45) is 24.3 Å². The summed E-state index contributed by atoms with van der Waals surface area (Å²) >= 11 is 3.34. The van der Waals surface area contributed by atoms with E-state index in [1.54, 1.807) is 6.20 Å². The van der Waals surface area contributed by atoms with Crippen molar-refractivity contribution in [3.8, 4) is 0 Å². The number of amides is 1. The van der Waals surface area contributed by atoms with Gasteiger partial charge in [-0.2, -0.15) is 9.78 Å². The first-order chi connectivity index (χ1) is 17.1. The summed E-state index contributed by atoms with van der Waals surface area (Å²) < 4.78 is 4.18. The summed E-state index contributed by atoms with van der Waals surface area (Å²) in [7, 11) is 1.95. The smallest absolute Gasteiger partial charge is 0.358 e. The average Bonchev–Trinajstić information content (AvgIpc) is 3.34. The molecule has 2 atom stereocenters. The zero-order chi connectivity index (χ0) is 25.2. The normalized spacial score (nSPS) is 31.8. The molecule has 3 heterocycles. The van der Waals surface area contributed by atoms with Gasteiger partial charge < -0.3 is 15.0 Å². The molecule has 2 aromatic heterocycles. The van der Waals surface area contributed by atoms with Crippen LogP contribution in [0.25, 0.3) is 0 Å². The van der Waals surface area contributed by atoms with Crippen LogP contribution in [0.3, 0.4) is 0 Å². The van der Waals surface area contributed by atoms with E-state index in [0.717, 1.165) is 70.5 Å². The highest BCUT2D eigenvalue weighted by Crippen LogP contribution is 2.65. The maximum Gasteiger partial charge on any atom is 0.404 e. The summed E-state index contributed by atoms with van der Waals surface area (Å²) in [6.07, 6.45) is 10.8. The Balaban J connectivity index is 1.13. The van der Waals surface area contributed by atoms with Crippen molar-refractivity contribution >= 4 is 27.7 Å². The SMILES string of the molecule is Cc1nn(C)cc1CN1CCN(C(=O)CC23CC4CC(C2)CC(n2cc(Br)c([N+](=O)[O-])n2)(C4)C3)CC1. The highest BCUT2D eigenvalue weighted by molar-refractivity contribution is 9.10. The number of aromatic nitrogens is 4. The fourth-order valence-corrected chi connectivity index (χ4v) is 8.64. The molecular weight excluding hydrogens is 526 g/mol. The maximum atomic E-state index is 13.6. The predicted octanol–water partition coefficient (Wildman–Crippen LogP) is 3.63. The van der Waals surface area contributed by atoms with E-state index in [-0.39, 0.29) is 22.7 Å². The Morgan fingerprint density at radius 3 is 2.42 bits per heavy atom. The molecule has 4 saturated carbocycles. The van der Waals surface area contributed by atoms with E-state index in [4.69, 9.17) is 0 Å². The van der Waals surface area contributed by atoms with Crippen molar-refractivity contribution in [2.75, 3.05) is 26.2 Å². The Morgan fingerprint density at radius 2 is 1.83 bits per heavy atom. The molecule has 36 heavy (non-hydrogen) atoms. The largest absolute Gasteiger partial charge is 0.404 e. The summed E-state index contributed by atoms with van der Waals surface area (Å²) in [5, 5.41) is 20.3. The molecule has 0 radical (unpaired) electrons. The molecule has 1 amide bonds. The van der Waals surface area contributed by atoms with Gasteiger partial charge >= 0.3 is 5.82 Å². The second kappa shape index (κ2) is 8.65. The van der Waals surface area contributed by atoms with Gasteiger partial charge in [-0.05, 0) is 83.6 Å². The van der Waals surface area contributed by atoms with Gasteiger partial charge in [0.05, 0.1) is 22.5 Å². The van der Waals surface area contributed by atoms with Crippen LogP contribution in [0.2, 0.25) is 0 Å². The zero-order valence-electron chi connectivity index (χ0n) is 21.0. The van der Waals surface area contributed by atoms with Gasteiger partial charge in [-0.3, -0.25) is 14.4 Å². The molecule has 5 aliphatic rings. The Bertz CT molecular complexity index is 1180. The summed E-state index contributed by atoms with van der Waals surface area (Å²) in [5.74, 6) is 1.30. The molecular formula is C25H34BrN7O3. The first kappa shape index (κ1) is 24.1. The first-order valence-electron chi connectivity index (χ1n) is 13.0. The quantitative estimate of drug-likeness (QED) is 0.395. The van der Waals surface area contributed by atoms with Crippen LogP contribution in [0, 0.1) is 34.3 Å². The van der Waals surface area contributed by atoms with Gasteiger partial charge in [0.2, 0.25) is 5.91 Å². The number of halogens is 1. The summed E-state index contributed by atoms with van der Waals surface area (Å²) in [4.78, 5) is 29.1. The van der Waals surface area contributed by atoms with Gasteiger partial charge in [0.15, 0.2) is 0 Å². The second-order valence-corrected chi connectivity index (χ2v) is 12.8. The molecule has 0 aromatic carbocycles. The molecule has 10 nitrogen and oxygen atoms in total. The molecule has 1 aliphatic heterocycles. The molecule has 4 bridgehead atoms. The first-order valence-corrected chi connectivity index (χ1v) is 13.8. The Labute approximate surface area is 219 Å². The lowest BCUT2D eigenvalue weighted by atomic mass is 9.46. The van der Waals surface area contributed by atoms with Gasteiger partial charge in [-0.25, -0.2) is 0 Å². The van der Waals surface area contributed by atoms with Crippen LogP contribution in [-0.2, 0) is 23.9 Å². The number of nitro groups is 1. The van der Waals surface area contributed by atoms with Crippen LogP contribution in [0.1, 0.15) is 56.2 Å². The van der Waals surface area contributed by atoms with E-state index < -0.39 is 4.92 Å². The average molecular weight is 560 g/mol. The van der Waals surface area contributed by atoms with E-state index >= 15 is 0 Å². The zero-order valence-corrected chi connectivity index (χ0v) is 22.6. The van der Waals surface area contributed by atoms with Gasteiger partial charge in [0, 0.05) is 58.0 Å². The van der Waals surface area contributed by atoms with Crippen molar-refractivity contribution in [1.29, 1.82) is 0 Å². The highest BCUT2D eigenvalue weighted by atomic mass is 79.9. The predicted molar refractivity (Wildman–Crippen MR) is 136 cm³/mol. The lowest BCUT2D eigenvalue weighted by Crippen LogP contribution is -2.58. The number of aryl methyl sites for hydroxylation is 2. The van der Waals surface area contributed by atoms with Crippen LogP contribution >= 0.6 is 15.9 Å². The van der Waals surface area contributed by atoms with E-state index in [0.29, 0.717) is 22.7 Å². The molecule has 194 valence electrons. The van der Waals surface area contributed by atoms with Crippen molar-refractivity contribution in [2.45, 2.75) is 64.0 Å². The maximum absolute atomic E-state index is 13.6. The molecule has 0 N–H and O–H groups in total. The van der Waals surface area contributed by atoms with Gasteiger partial charge in [0.1, 0.15) is 4.47 Å². The number of nitrogens with zero attached hydrogens (tertiary/aromatic N) is 7. The Kier molecular flexibility index (Phi) is 5.79. The standard InChI is InChI=1S/C25H34BrN7O3/c1-17-20(13-29(2)27-17)14-30-3-5-31(6-4-30)22(34)12-24-8-18-7-19(9-24)11-25(10-18,16-24)32-15-21(26)23(28-32)33(35)36/h13,15,18-19H,3-12,14,16H2,1-2H3. The molecule has 1 saturated heterocycles. The fourth-order valence-electron chi connectivity index (χ4n) is 8.22. The highest BCUT2D eigenvalue weighted by Gasteiger charge is 2.60. The molecule has 0 spiro atoms. The van der Waals surface area contributed by atoms with Crippen molar-refractivity contribution in [1.82, 2.24) is 29.4 Å². The molecule has 4 aliphatic carbocycles. The van der Waals surface area contributed by atoms with Crippen LogP contribution in [0.4, 0.5) is 5.82 Å². The number of rotatable bonds is 6. The van der Waals surface area contributed by atoms with Crippen LogP contribution in [0.5, 0.6) is 0 Å². The van der Waals surface area contributed by atoms with E-state index in [9.17, 15) is 14.9 Å². The summed E-state index contributed by atoms with van der Waals surface area (Å²) in [5.41, 5.74) is 2.10. The van der Waals surface area contributed by atoms with E-state index in [1.807, 2.05) is 23.3 Å². The third-order valence-corrected chi connectivity index (χ3v) is 9.78. The Hall–Kier alpha value is -2.27. The lowest BCUT2D eigenvalue weighted by Gasteiger charge is -2.61. The van der Waals surface area contributed by atoms with Crippen LogP contribution in [-0.4, -0.2) is 66.4 Å². The minimum absolute atomic E-state index is 0.0155. The summed E-state index contributed by atoms with van der Waals surface area (Å²) in [6.45, 7) is 6.23. The number of piperazine rings is 1. The monoisotopic (exact) mass is 559 g/mol. The van der Waals surface area contributed by atoms with Crippen molar-refractivity contribution < 1.29 is 9.72 Å². The number of hydrogen-bond acceptors (Lipinski definition) is 6. The van der Waals surface area contributed by atoms with Gasteiger partial charge in [0.25, 0.3) is 0 Å². The van der Waals surface area contributed by atoms with Gasteiger partial charge in [-0.1, -0.05) is 0 Å². The number of carbonyl (C=O) groups excluding carboxylic acids is 1. The van der Waals surface area contributed by atoms with E-state index in [2.05, 4.69) is 42.1 Å². The third kappa shape index (κ3) is 4.17. The summed E-state index contributed by atoms with van der Waals surface area (Å²) in [6, 6.07) is 0. The molecule has 11 heteroatoms. The van der Waals surface area contributed by atoms with Crippen molar-refractivity contribution in [3.63, 3.8) is 0 Å². The molecule has 2 aromatic rings. The fraction of sp³-hybridized carbons (Fsp3) is 0.720.